The van der Waals surface area contributed by atoms with E-state index in [0.29, 0.717) is 23.9 Å². The molecule has 2 heterocycles. The van der Waals surface area contributed by atoms with Crippen LogP contribution in [-0.2, 0) is 12.0 Å². The van der Waals surface area contributed by atoms with E-state index in [-0.39, 0.29) is 11.4 Å². The Morgan fingerprint density at radius 1 is 1.38 bits per heavy atom. The topological polar surface area (TPSA) is 59.8 Å². The molecule has 1 aliphatic rings. The number of carbonyl (C=O) groups excluding carboxylic acids is 1. The Morgan fingerprint density at radius 3 is 2.79 bits per heavy atom. The molecule has 5 heteroatoms. The van der Waals surface area contributed by atoms with Gasteiger partial charge < -0.3 is 5.32 Å². The van der Waals surface area contributed by atoms with Crippen molar-refractivity contribution in [3.63, 3.8) is 0 Å². The van der Waals surface area contributed by atoms with Gasteiger partial charge in [0.2, 0.25) is 0 Å². The maximum Gasteiger partial charge on any atom is 0.254 e. The van der Waals surface area contributed by atoms with E-state index >= 15 is 0 Å². The summed E-state index contributed by atoms with van der Waals surface area (Å²) in [5.41, 5.74) is 2.85. The van der Waals surface area contributed by atoms with Crippen molar-refractivity contribution in [1.82, 2.24) is 20.1 Å². The zero-order valence-corrected chi connectivity index (χ0v) is 14.9. The second kappa shape index (κ2) is 6.38. The molecule has 0 unspecified atom stereocenters. The fourth-order valence-electron chi connectivity index (χ4n) is 3.28. The zero-order valence-electron chi connectivity index (χ0n) is 14.9. The summed E-state index contributed by atoms with van der Waals surface area (Å²) < 4.78 is 1.96. The molecule has 128 valence electrons. The molecule has 2 aromatic rings. The van der Waals surface area contributed by atoms with Crippen molar-refractivity contribution in [2.45, 2.75) is 52.0 Å². The number of rotatable bonds is 5. The minimum atomic E-state index is -0.119. The molecular formula is C19H26N4O. The second-order valence-corrected chi connectivity index (χ2v) is 7.54. The van der Waals surface area contributed by atoms with Gasteiger partial charge in [-0.25, -0.2) is 0 Å². The highest BCUT2D eigenvalue weighted by atomic mass is 16.1. The van der Waals surface area contributed by atoms with Crippen LogP contribution in [0.15, 0.2) is 30.7 Å². The van der Waals surface area contributed by atoms with E-state index in [1.807, 2.05) is 16.9 Å². The Labute approximate surface area is 143 Å². The summed E-state index contributed by atoms with van der Waals surface area (Å²) in [7, 11) is 0. The maximum absolute atomic E-state index is 12.6. The molecule has 1 N–H and O–H groups in total. The summed E-state index contributed by atoms with van der Waals surface area (Å²) in [4.78, 5) is 16.7. The minimum Gasteiger partial charge on any atom is -0.352 e. The molecule has 0 aromatic carbocycles. The van der Waals surface area contributed by atoms with Crippen LogP contribution in [0.3, 0.4) is 0 Å². The first-order valence-corrected chi connectivity index (χ1v) is 8.67. The van der Waals surface area contributed by atoms with Gasteiger partial charge in [0, 0.05) is 18.9 Å². The third-order valence-corrected chi connectivity index (χ3v) is 4.64. The molecule has 24 heavy (non-hydrogen) atoms. The Balaban J connectivity index is 1.62. The molecule has 0 radical (unpaired) electrons. The van der Waals surface area contributed by atoms with Gasteiger partial charge in [0.1, 0.15) is 0 Å². The van der Waals surface area contributed by atoms with E-state index in [1.165, 1.54) is 5.56 Å². The average molecular weight is 326 g/mol. The normalized spacial score (nSPS) is 20.0. The molecule has 0 spiro atoms. The number of carbonyl (C=O) groups is 1. The SMILES string of the molecule is CCc1c(C(=O)NC[C@@H]2C[C@H]2c2cccnc2)cnn1C(C)(C)C. The molecule has 1 amide bonds. The zero-order chi connectivity index (χ0) is 17.3. The van der Waals surface area contributed by atoms with Crippen LogP contribution in [0.25, 0.3) is 0 Å². The highest BCUT2D eigenvalue weighted by Crippen LogP contribution is 2.46. The predicted octanol–water partition coefficient (Wildman–Crippen LogP) is 3.13. The first-order valence-electron chi connectivity index (χ1n) is 8.67. The molecule has 0 aliphatic heterocycles. The van der Waals surface area contributed by atoms with Gasteiger partial charge in [-0.1, -0.05) is 13.0 Å². The van der Waals surface area contributed by atoms with Crippen LogP contribution in [0, 0.1) is 5.92 Å². The third kappa shape index (κ3) is 3.35. The summed E-state index contributed by atoms with van der Waals surface area (Å²) in [6.45, 7) is 9.08. The summed E-state index contributed by atoms with van der Waals surface area (Å²) >= 11 is 0. The minimum absolute atomic E-state index is 0.0146. The van der Waals surface area contributed by atoms with Crippen molar-refractivity contribution in [2.75, 3.05) is 6.54 Å². The number of hydrogen-bond donors (Lipinski definition) is 1. The van der Waals surface area contributed by atoms with Crippen molar-refractivity contribution in [1.29, 1.82) is 0 Å². The standard InChI is InChI=1S/C19H26N4O/c1-5-17-16(12-22-23(17)19(2,3)4)18(24)21-11-14-9-15(14)13-7-6-8-20-10-13/h6-8,10,12,14-15H,5,9,11H2,1-4H3,(H,21,24)/t14-,15-/m0/s1. The monoisotopic (exact) mass is 326 g/mol. The quantitative estimate of drug-likeness (QED) is 0.918. The van der Waals surface area contributed by atoms with Crippen molar-refractivity contribution in [2.24, 2.45) is 5.92 Å². The van der Waals surface area contributed by atoms with Gasteiger partial charge in [-0.15, -0.1) is 0 Å². The molecular weight excluding hydrogens is 300 g/mol. The molecule has 2 atom stereocenters. The molecule has 1 fully saturated rings. The van der Waals surface area contributed by atoms with Crippen molar-refractivity contribution >= 4 is 5.91 Å². The average Bonchev–Trinajstić information content (AvgIpc) is 3.19. The molecule has 0 bridgehead atoms. The maximum atomic E-state index is 12.6. The summed E-state index contributed by atoms with van der Waals surface area (Å²) in [6, 6.07) is 4.08. The van der Waals surface area contributed by atoms with Gasteiger partial charge in [0.15, 0.2) is 0 Å². The highest BCUT2D eigenvalue weighted by Gasteiger charge is 2.38. The van der Waals surface area contributed by atoms with E-state index in [9.17, 15) is 4.79 Å². The Bertz CT molecular complexity index is 715. The second-order valence-electron chi connectivity index (χ2n) is 7.54. The van der Waals surface area contributed by atoms with Gasteiger partial charge in [-0.3, -0.25) is 14.5 Å². The first-order chi connectivity index (χ1) is 11.4. The van der Waals surface area contributed by atoms with Crippen LogP contribution < -0.4 is 5.32 Å². The lowest BCUT2D eigenvalue weighted by Crippen LogP contribution is -2.29. The van der Waals surface area contributed by atoms with E-state index < -0.39 is 0 Å². The summed E-state index contributed by atoms with van der Waals surface area (Å²) in [5, 5.41) is 7.52. The van der Waals surface area contributed by atoms with E-state index in [1.54, 1.807) is 12.4 Å². The fraction of sp³-hybridized carbons (Fsp3) is 0.526. The number of hydrogen-bond acceptors (Lipinski definition) is 3. The van der Waals surface area contributed by atoms with Gasteiger partial charge >= 0.3 is 0 Å². The summed E-state index contributed by atoms with van der Waals surface area (Å²) in [6.07, 6.45) is 7.33. The first kappa shape index (κ1) is 16.7. The van der Waals surface area contributed by atoms with E-state index in [2.05, 4.69) is 49.2 Å². The van der Waals surface area contributed by atoms with Gasteiger partial charge in [-0.2, -0.15) is 5.10 Å². The van der Waals surface area contributed by atoms with Crippen LogP contribution >= 0.6 is 0 Å². The van der Waals surface area contributed by atoms with Crippen molar-refractivity contribution in [3.8, 4) is 0 Å². The predicted molar refractivity (Wildman–Crippen MR) is 94.0 cm³/mol. The van der Waals surface area contributed by atoms with Crippen LogP contribution in [-0.4, -0.2) is 27.2 Å². The van der Waals surface area contributed by atoms with E-state index in [0.717, 1.165) is 18.5 Å². The van der Waals surface area contributed by atoms with Crippen LogP contribution in [0.5, 0.6) is 0 Å². The van der Waals surface area contributed by atoms with Crippen LogP contribution in [0.4, 0.5) is 0 Å². The Kier molecular flexibility index (Phi) is 4.43. The van der Waals surface area contributed by atoms with Gasteiger partial charge in [0.25, 0.3) is 5.91 Å². The van der Waals surface area contributed by atoms with Gasteiger partial charge in [0.05, 0.1) is 23.0 Å². The van der Waals surface area contributed by atoms with Crippen LogP contribution in [0.2, 0.25) is 0 Å². The van der Waals surface area contributed by atoms with E-state index in [4.69, 9.17) is 0 Å². The summed E-state index contributed by atoms with van der Waals surface area (Å²) in [5.74, 6) is 1.03. The molecule has 0 saturated heterocycles. The lowest BCUT2D eigenvalue weighted by Gasteiger charge is -2.22. The highest BCUT2D eigenvalue weighted by molar-refractivity contribution is 5.95. The Hall–Kier alpha value is -2.17. The van der Waals surface area contributed by atoms with Crippen LogP contribution in [0.1, 0.15) is 61.6 Å². The molecule has 5 nitrogen and oxygen atoms in total. The Morgan fingerprint density at radius 2 is 2.17 bits per heavy atom. The fourth-order valence-corrected chi connectivity index (χ4v) is 3.28. The molecule has 3 rings (SSSR count). The lowest BCUT2D eigenvalue weighted by molar-refractivity contribution is 0.0950. The molecule has 2 aromatic heterocycles. The van der Waals surface area contributed by atoms with Crippen molar-refractivity contribution in [3.05, 3.63) is 47.5 Å². The largest absolute Gasteiger partial charge is 0.352 e. The van der Waals surface area contributed by atoms with Crippen molar-refractivity contribution < 1.29 is 4.79 Å². The number of pyridine rings is 1. The number of nitrogens with zero attached hydrogens (tertiary/aromatic N) is 3. The number of nitrogens with one attached hydrogen (secondary N) is 1. The number of amides is 1. The lowest BCUT2D eigenvalue weighted by atomic mass is 10.1. The third-order valence-electron chi connectivity index (χ3n) is 4.64. The smallest absolute Gasteiger partial charge is 0.254 e. The molecule has 1 aliphatic carbocycles. The molecule has 1 saturated carbocycles. The van der Waals surface area contributed by atoms with Gasteiger partial charge in [-0.05, 0) is 57.1 Å². The number of aromatic nitrogens is 3.